The molecule has 8 rings (SSSR count). The van der Waals surface area contributed by atoms with Crippen LogP contribution in [0.15, 0.2) is 25.3 Å². The third kappa shape index (κ3) is 11.3. The van der Waals surface area contributed by atoms with E-state index in [4.69, 9.17) is 29.9 Å². The maximum atomic E-state index is 4.93. The second-order valence-corrected chi connectivity index (χ2v) is 20.1. The molecule has 6 fully saturated rings. The molecule has 4 saturated carbocycles. The zero-order chi connectivity index (χ0) is 42.6. The first-order valence-electron chi connectivity index (χ1n) is 25.2. The highest BCUT2D eigenvalue weighted by atomic mass is 15.3. The smallest absolute Gasteiger partial charge is 0.229 e. The van der Waals surface area contributed by atoms with Crippen LogP contribution < -0.4 is 42.5 Å². The first-order valence-corrected chi connectivity index (χ1v) is 25.2. The fourth-order valence-corrected chi connectivity index (χ4v) is 12.6. The second kappa shape index (κ2) is 21.3. The summed E-state index contributed by atoms with van der Waals surface area (Å²) in [6.45, 7) is 10.6. The standard InChI is InChI=1S/C48H80N14/c1-3-33-49-39-55-41(59-43(57-39)53-37-21-9-15-29-47(37)31-19-27-45(61-47)23-11-7-12-24-45)51-35-17-5-6-18-36-52-42-56-40(50-34-4-2)58-44(60-42)54-38-22-10-16-30-48(38)32-20-28-46(62-48)25-13-8-14-26-46/h3-4,37-38,61-62H,1-2,5-36H2,(H3,49,51,53,55,57,59)(H3,50,52,54,56,58,60). The Morgan fingerprint density at radius 2 is 0.774 bits per heavy atom. The van der Waals surface area contributed by atoms with Crippen LogP contribution in [-0.2, 0) is 0 Å². The van der Waals surface area contributed by atoms with E-state index in [2.05, 4.69) is 55.7 Å². The normalized spacial score (nSPS) is 28.0. The number of hydrogen-bond acceptors (Lipinski definition) is 14. The van der Waals surface area contributed by atoms with Gasteiger partial charge in [-0.05, 0) is 103 Å². The highest BCUT2D eigenvalue weighted by molar-refractivity contribution is 5.45. The van der Waals surface area contributed by atoms with Crippen LogP contribution in [0.3, 0.4) is 0 Å². The van der Waals surface area contributed by atoms with Crippen molar-refractivity contribution >= 4 is 35.7 Å². The van der Waals surface area contributed by atoms with Crippen LogP contribution >= 0.6 is 0 Å². The average molecular weight is 853 g/mol. The van der Waals surface area contributed by atoms with Gasteiger partial charge in [-0.1, -0.05) is 89.2 Å². The molecule has 0 amide bonds. The Labute approximate surface area is 372 Å². The van der Waals surface area contributed by atoms with Gasteiger partial charge < -0.3 is 42.5 Å². The van der Waals surface area contributed by atoms with Gasteiger partial charge in [0.2, 0.25) is 35.7 Å². The summed E-state index contributed by atoms with van der Waals surface area (Å²) in [5, 5.41) is 30.1. The minimum atomic E-state index is 0.105. The van der Waals surface area contributed by atoms with Crippen LogP contribution in [0.2, 0.25) is 0 Å². The fraction of sp³-hybridized carbons (Fsp3) is 0.792. The van der Waals surface area contributed by atoms with Crippen LogP contribution in [0.1, 0.15) is 180 Å². The van der Waals surface area contributed by atoms with Crippen molar-refractivity contribution in [2.45, 2.75) is 214 Å². The Morgan fingerprint density at radius 1 is 0.419 bits per heavy atom. The molecule has 4 spiro atoms. The van der Waals surface area contributed by atoms with Gasteiger partial charge in [-0.3, -0.25) is 0 Å². The lowest BCUT2D eigenvalue weighted by Gasteiger charge is -2.56. The molecule has 2 saturated heterocycles. The van der Waals surface area contributed by atoms with Gasteiger partial charge in [0.25, 0.3) is 0 Å². The molecular weight excluding hydrogens is 773 g/mol. The Kier molecular flexibility index (Phi) is 15.4. The molecule has 2 aliphatic heterocycles. The number of hydrogen-bond donors (Lipinski definition) is 8. The lowest BCUT2D eigenvalue weighted by Crippen LogP contribution is -2.68. The summed E-state index contributed by atoms with van der Waals surface area (Å²) < 4.78 is 0. The zero-order valence-corrected chi connectivity index (χ0v) is 38.0. The van der Waals surface area contributed by atoms with E-state index < -0.39 is 0 Å². The van der Waals surface area contributed by atoms with Gasteiger partial charge in [0, 0.05) is 60.4 Å². The van der Waals surface area contributed by atoms with E-state index in [0.717, 1.165) is 51.6 Å². The number of piperidine rings is 2. The van der Waals surface area contributed by atoms with Crippen LogP contribution in [0.25, 0.3) is 0 Å². The van der Waals surface area contributed by atoms with E-state index in [1.54, 1.807) is 0 Å². The van der Waals surface area contributed by atoms with Crippen molar-refractivity contribution in [3.8, 4) is 0 Å². The predicted octanol–water partition coefficient (Wildman–Crippen LogP) is 9.48. The Bertz CT molecular complexity index is 1600. The number of nitrogens with one attached hydrogen (secondary N) is 8. The molecule has 4 atom stereocenters. The third-order valence-corrected chi connectivity index (χ3v) is 15.6. The van der Waals surface area contributed by atoms with Crippen LogP contribution in [0, 0.1) is 0 Å². The van der Waals surface area contributed by atoms with Gasteiger partial charge in [0.05, 0.1) is 0 Å². The lowest BCUT2D eigenvalue weighted by molar-refractivity contribution is 0.0578. The van der Waals surface area contributed by atoms with E-state index in [1.807, 2.05) is 12.2 Å². The van der Waals surface area contributed by atoms with Gasteiger partial charge in [0.1, 0.15) is 0 Å². The summed E-state index contributed by atoms with van der Waals surface area (Å²) in [5.74, 6) is 3.72. The van der Waals surface area contributed by atoms with E-state index >= 15 is 0 Å². The van der Waals surface area contributed by atoms with Crippen molar-refractivity contribution in [3.05, 3.63) is 25.3 Å². The number of rotatable bonds is 19. The molecule has 62 heavy (non-hydrogen) atoms. The molecule has 14 nitrogen and oxygen atoms in total. The Balaban J connectivity index is 0.822. The van der Waals surface area contributed by atoms with Crippen LogP contribution in [0.5, 0.6) is 0 Å². The van der Waals surface area contributed by atoms with Crippen molar-refractivity contribution < 1.29 is 0 Å². The maximum Gasteiger partial charge on any atom is 0.229 e. The third-order valence-electron chi connectivity index (χ3n) is 15.6. The minimum Gasteiger partial charge on any atom is -0.354 e. The molecule has 0 bridgehead atoms. The van der Waals surface area contributed by atoms with Crippen LogP contribution in [-0.4, -0.2) is 90.3 Å². The fourth-order valence-electron chi connectivity index (χ4n) is 12.6. The first-order chi connectivity index (χ1) is 30.4. The Hall–Kier alpha value is -3.78. The quantitative estimate of drug-likeness (QED) is 0.0496. The average Bonchev–Trinajstić information content (AvgIpc) is 3.28. The summed E-state index contributed by atoms with van der Waals surface area (Å²) in [4.78, 5) is 29.0. The van der Waals surface area contributed by atoms with Crippen molar-refractivity contribution in [2.24, 2.45) is 0 Å². The van der Waals surface area contributed by atoms with Crippen molar-refractivity contribution in [2.75, 3.05) is 58.1 Å². The van der Waals surface area contributed by atoms with E-state index in [-0.39, 0.29) is 11.1 Å². The van der Waals surface area contributed by atoms with E-state index in [9.17, 15) is 0 Å². The highest BCUT2D eigenvalue weighted by Crippen LogP contribution is 2.46. The first kappa shape index (κ1) is 44.8. The Morgan fingerprint density at radius 3 is 1.19 bits per heavy atom. The molecule has 0 aromatic carbocycles. The predicted molar refractivity (Wildman–Crippen MR) is 255 cm³/mol. The molecule has 4 aliphatic carbocycles. The van der Waals surface area contributed by atoms with Crippen molar-refractivity contribution in [1.82, 2.24) is 40.5 Å². The molecule has 342 valence electrons. The number of aromatic nitrogens is 6. The number of nitrogens with zero attached hydrogens (tertiary/aromatic N) is 6. The molecule has 6 aliphatic rings. The molecule has 4 unspecified atom stereocenters. The summed E-state index contributed by atoms with van der Waals surface area (Å²) in [6.07, 6.45) is 38.8. The van der Waals surface area contributed by atoms with Gasteiger partial charge in [-0.25, -0.2) is 0 Å². The molecular formula is C48H80N14. The van der Waals surface area contributed by atoms with Gasteiger partial charge >= 0.3 is 0 Å². The van der Waals surface area contributed by atoms with Crippen molar-refractivity contribution in [3.63, 3.8) is 0 Å². The molecule has 2 aromatic heterocycles. The second-order valence-electron chi connectivity index (χ2n) is 20.1. The zero-order valence-electron chi connectivity index (χ0n) is 38.0. The summed E-state index contributed by atoms with van der Waals surface area (Å²) in [5.41, 5.74) is 0.840. The van der Waals surface area contributed by atoms with Crippen LogP contribution in [0.4, 0.5) is 35.7 Å². The summed E-state index contributed by atoms with van der Waals surface area (Å²) in [7, 11) is 0. The van der Waals surface area contributed by atoms with Crippen molar-refractivity contribution in [1.29, 1.82) is 0 Å². The SMILES string of the molecule is C=CCNc1nc(NCCCCCCNc2nc(NCC=C)nc(NC3CCCCC34CCCC3(CCCCC3)N4)n2)nc(NC2CCCCC23CCCC2(CCCCC2)N3)n1. The van der Waals surface area contributed by atoms with E-state index in [0.29, 0.717) is 71.9 Å². The monoisotopic (exact) mass is 853 g/mol. The summed E-state index contributed by atoms with van der Waals surface area (Å²) in [6, 6.07) is 0.608. The highest BCUT2D eigenvalue weighted by Gasteiger charge is 2.51. The van der Waals surface area contributed by atoms with E-state index in [1.165, 1.54) is 141 Å². The largest absolute Gasteiger partial charge is 0.354 e. The van der Waals surface area contributed by atoms with Gasteiger partial charge in [-0.15, -0.1) is 13.2 Å². The molecule has 8 N–H and O–H groups in total. The molecule has 14 heteroatoms. The number of unbranched alkanes of at least 4 members (excludes halogenated alkanes) is 3. The van der Waals surface area contributed by atoms with Gasteiger partial charge in [0.15, 0.2) is 0 Å². The molecule has 0 radical (unpaired) electrons. The number of anilines is 6. The minimum absolute atomic E-state index is 0.105. The maximum absolute atomic E-state index is 4.93. The lowest BCUT2D eigenvalue weighted by atomic mass is 9.65. The topological polar surface area (TPSA) is 174 Å². The van der Waals surface area contributed by atoms with Gasteiger partial charge in [-0.2, -0.15) is 29.9 Å². The summed E-state index contributed by atoms with van der Waals surface area (Å²) >= 11 is 0. The molecule has 4 heterocycles. The molecule has 2 aromatic rings.